The highest BCUT2D eigenvalue weighted by molar-refractivity contribution is 6.34. The molecule has 4 nitrogen and oxygen atoms in total. The van der Waals surface area contributed by atoms with E-state index in [1.165, 1.54) is 0 Å². The minimum atomic E-state index is -0.0523. The van der Waals surface area contributed by atoms with Crippen molar-refractivity contribution in [1.29, 1.82) is 5.41 Å². The average Bonchev–Trinajstić information content (AvgIpc) is 2.32. The number of nitrogens with two attached hydrogens (primary N) is 1. The largest absolute Gasteiger partial charge is 0.490 e. The van der Waals surface area contributed by atoms with E-state index < -0.39 is 0 Å². The third-order valence-electron chi connectivity index (χ3n) is 3.20. The number of halogens is 1. The summed E-state index contributed by atoms with van der Waals surface area (Å²) in [7, 11) is 2.11. The van der Waals surface area contributed by atoms with Crippen LogP contribution < -0.4 is 10.5 Å². The first kappa shape index (κ1) is 13.2. The number of ether oxygens (including phenoxy) is 1. The maximum absolute atomic E-state index is 7.57. The van der Waals surface area contributed by atoms with Crippen molar-refractivity contribution in [2.45, 2.75) is 18.9 Å². The molecule has 0 radical (unpaired) electrons. The molecule has 2 rings (SSSR count). The second kappa shape index (κ2) is 5.59. The molecule has 0 unspecified atom stereocenters. The summed E-state index contributed by atoms with van der Waals surface area (Å²) in [5.41, 5.74) is 6.05. The molecule has 0 amide bonds. The molecule has 5 heteroatoms. The lowest BCUT2D eigenvalue weighted by atomic mass is 10.1. The Hall–Kier alpha value is -1.26. The molecule has 0 bridgehead atoms. The summed E-state index contributed by atoms with van der Waals surface area (Å²) in [5.74, 6) is 0.563. The number of nitrogen functional groups attached to an aromatic ring is 1. The molecular weight excluding hydrogens is 250 g/mol. The summed E-state index contributed by atoms with van der Waals surface area (Å²) in [6.45, 7) is 2.06. The molecule has 0 aliphatic carbocycles. The van der Waals surface area contributed by atoms with Crippen LogP contribution in [0.25, 0.3) is 0 Å². The molecule has 1 heterocycles. The molecule has 1 saturated heterocycles. The van der Waals surface area contributed by atoms with Crippen molar-refractivity contribution in [2.75, 3.05) is 20.1 Å². The highest BCUT2D eigenvalue weighted by Gasteiger charge is 2.20. The number of likely N-dealkylation sites (tertiary alicyclic amines) is 1. The molecule has 1 fully saturated rings. The highest BCUT2D eigenvalue weighted by atomic mass is 35.5. The smallest absolute Gasteiger partial charge is 0.132 e. The predicted molar refractivity (Wildman–Crippen MR) is 73.6 cm³/mol. The van der Waals surface area contributed by atoms with E-state index in [0.717, 1.165) is 25.9 Å². The molecule has 1 aliphatic heterocycles. The Bertz CT molecular complexity index is 442. The lowest BCUT2D eigenvalue weighted by Gasteiger charge is -2.29. The summed E-state index contributed by atoms with van der Waals surface area (Å²) in [6, 6.07) is 5.36. The molecule has 0 spiro atoms. The van der Waals surface area contributed by atoms with Crippen LogP contribution in [-0.4, -0.2) is 37.0 Å². The van der Waals surface area contributed by atoms with Crippen molar-refractivity contribution in [3.8, 4) is 5.75 Å². The standard InChI is InChI=1S/C13H18ClN3O/c1-17-7-5-9(6-8-17)18-11-4-2-3-10(14)12(11)13(15)16/h2-4,9H,5-8H2,1H3,(H3,15,16). The van der Waals surface area contributed by atoms with Gasteiger partial charge in [-0.2, -0.15) is 0 Å². The number of amidine groups is 1. The van der Waals surface area contributed by atoms with Gasteiger partial charge in [-0.3, -0.25) is 5.41 Å². The van der Waals surface area contributed by atoms with E-state index in [2.05, 4.69) is 11.9 Å². The molecule has 0 atom stereocenters. The topological polar surface area (TPSA) is 62.3 Å². The molecule has 1 aromatic rings. The first-order chi connectivity index (χ1) is 8.58. The molecule has 18 heavy (non-hydrogen) atoms. The quantitative estimate of drug-likeness (QED) is 0.651. The average molecular weight is 268 g/mol. The number of nitrogens with one attached hydrogen (secondary N) is 1. The zero-order valence-corrected chi connectivity index (χ0v) is 11.2. The van der Waals surface area contributed by atoms with Crippen LogP contribution in [0.5, 0.6) is 5.75 Å². The monoisotopic (exact) mass is 267 g/mol. The molecule has 1 aliphatic rings. The predicted octanol–water partition coefficient (Wildman–Crippen LogP) is 2.10. The Morgan fingerprint density at radius 1 is 1.44 bits per heavy atom. The van der Waals surface area contributed by atoms with Crippen LogP contribution in [0.15, 0.2) is 18.2 Å². The van der Waals surface area contributed by atoms with Crippen LogP contribution in [0.3, 0.4) is 0 Å². The molecular formula is C13H18ClN3O. The summed E-state index contributed by atoms with van der Waals surface area (Å²) in [4.78, 5) is 2.28. The van der Waals surface area contributed by atoms with Crippen LogP contribution in [0, 0.1) is 5.41 Å². The van der Waals surface area contributed by atoms with Crippen molar-refractivity contribution in [2.24, 2.45) is 5.73 Å². The van der Waals surface area contributed by atoms with Gasteiger partial charge in [-0.15, -0.1) is 0 Å². The maximum atomic E-state index is 7.57. The minimum absolute atomic E-state index is 0.0523. The van der Waals surface area contributed by atoms with Gasteiger partial charge in [0.1, 0.15) is 17.7 Å². The van der Waals surface area contributed by atoms with E-state index in [1.807, 2.05) is 12.1 Å². The highest BCUT2D eigenvalue weighted by Crippen LogP contribution is 2.28. The van der Waals surface area contributed by atoms with E-state index in [1.54, 1.807) is 6.07 Å². The van der Waals surface area contributed by atoms with Crippen molar-refractivity contribution >= 4 is 17.4 Å². The van der Waals surface area contributed by atoms with Gasteiger partial charge in [-0.05, 0) is 32.0 Å². The number of benzene rings is 1. The van der Waals surface area contributed by atoms with E-state index in [9.17, 15) is 0 Å². The van der Waals surface area contributed by atoms with E-state index in [-0.39, 0.29) is 11.9 Å². The Morgan fingerprint density at radius 2 is 2.11 bits per heavy atom. The Balaban J connectivity index is 2.14. The zero-order valence-electron chi connectivity index (χ0n) is 10.4. The second-order valence-electron chi connectivity index (χ2n) is 4.65. The molecule has 3 N–H and O–H groups in total. The fourth-order valence-corrected chi connectivity index (χ4v) is 2.41. The van der Waals surface area contributed by atoms with Crippen molar-refractivity contribution in [3.63, 3.8) is 0 Å². The van der Waals surface area contributed by atoms with Crippen molar-refractivity contribution in [1.82, 2.24) is 4.90 Å². The first-order valence-corrected chi connectivity index (χ1v) is 6.44. The van der Waals surface area contributed by atoms with Gasteiger partial charge in [-0.25, -0.2) is 0 Å². The van der Waals surface area contributed by atoms with Crippen LogP contribution in [-0.2, 0) is 0 Å². The van der Waals surface area contributed by atoms with Crippen LogP contribution >= 0.6 is 11.6 Å². The summed E-state index contributed by atoms with van der Waals surface area (Å²) < 4.78 is 5.94. The third-order valence-corrected chi connectivity index (χ3v) is 3.52. The second-order valence-corrected chi connectivity index (χ2v) is 5.05. The van der Waals surface area contributed by atoms with Crippen molar-refractivity contribution in [3.05, 3.63) is 28.8 Å². The lowest BCUT2D eigenvalue weighted by Crippen LogP contribution is -2.36. The van der Waals surface area contributed by atoms with Crippen LogP contribution in [0.4, 0.5) is 0 Å². The minimum Gasteiger partial charge on any atom is -0.490 e. The van der Waals surface area contributed by atoms with Crippen LogP contribution in [0.2, 0.25) is 5.02 Å². The van der Waals surface area contributed by atoms with Gasteiger partial charge in [-0.1, -0.05) is 17.7 Å². The van der Waals surface area contributed by atoms with E-state index in [4.69, 9.17) is 27.5 Å². The van der Waals surface area contributed by atoms with Gasteiger partial charge >= 0.3 is 0 Å². The fourth-order valence-electron chi connectivity index (χ4n) is 2.15. The maximum Gasteiger partial charge on any atom is 0.132 e. The Morgan fingerprint density at radius 3 is 2.72 bits per heavy atom. The third kappa shape index (κ3) is 2.94. The summed E-state index contributed by atoms with van der Waals surface area (Å²) in [6.07, 6.45) is 2.15. The van der Waals surface area contributed by atoms with Crippen LogP contribution in [0.1, 0.15) is 18.4 Å². The number of hydrogen-bond acceptors (Lipinski definition) is 3. The molecule has 0 saturated carbocycles. The van der Waals surface area contributed by atoms with Gasteiger partial charge in [0.15, 0.2) is 0 Å². The fraction of sp³-hybridized carbons (Fsp3) is 0.462. The summed E-state index contributed by atoms with van der Waals surface area (Å²) >= 11 is 6.06. The molecule has 1 aromatic carbocycles. The first-order valence-electron chi connectivity index (χ1n) is 6.06. The SMILES string of the molecule is CN1CCC(Oc2cccc(Cl)c2C(=N)N)CC1. The number of rotatable bonds is 3. The van der Waals surface area contributed by atoms with Gasteiger partial charge < -0.3 is 15.4 Å². The number of nitrogens with zero attached hydrogens (tertiary/aromatic N) is 1. The van der Waals surface area contributed by atoms with Crippen molar-refractivity contribution < 1.29 is 4.74 Å². The molecule has 0 aromatic heterocycles. The summed E-state index contributed by atoms with van der Waals surface area (Å²) in [5, 5.41) is 8.04. The normalized spacial score (nSPS) is 17.7. The van der Waals surface area contributed by atoms with Gasteiger partial charge in [0.25, 0.3) is 0 Å². The molecule has 98 valence electrons. The Labute approximate surface area is 112 Å². The van der Waals surface area contributed by atoms with E-state index >= 15 is 0 Å². The Kier molecular flexibility index (Phi) is 4.09. The lowest BCUT2D eigenvalue weighted by molar-refractivity contribution is 0.114. The number of hydrogen-bond donors (Lipinski definition) is 2. The van der Waals surface area contributed by atoms with E-state index in [0.29, 0.717) is 16.3 Å². The zero-order chi connectivity index (χ0) is 13.1. The van der Waals surface area contributed by atoms with Gasteiger partial charge in [0, 0.05) is 13.1 Å². The van der Waals surface area contributed by atoms with Gasteiger partial charge in [0.05, 0.1) is 10.6 Å². The van der Waals surface area contributed by atoms with Gasteiger partial charge in [0.2, 0.25) is 0 Å². The number of piperidine rings is 1.